The molecule has 6 nitrogen and oxygen atoms in total. The Labute approximate surface area is 183 Å². The summed E-state index contributed by atoms with van der Waals surface area (Å²) in [6.07, 6.45) is 0. The van der Waals surface area contributed by atoms with Crippen molar-refractivity contribution in [1.29, 1.82) is 0 Å². The number of benzene rings is 2. The zero-order chi connectivity index (χ0) is 19.5. The summed E-state index contributed by atoms with van der Waals surface area (Å²) in [4.78, 5) is 16.1. The number of hydrogen-bond acceptors (Lipinski definition) is 4. The Hall–Kier alpha value is -2.29. The van der Waals surface area contributed by atoms with E-state index in [1.807, 2.05) is 50.2 Å². The molecule has 2 N–H and O–H groups in total. The summed E-state index contributed by atoms with van der Waals surface area (Å²) < 4.78 is 10.4. The summed E-state index contributed by atoms with van der Waals surface area (Å²) >= 11 is 0. The van der Waals surface area contributed by atoms with Gasteiger partial charge in [0.1, 0.15) is 5.75 Å². The molecular weight excluding hydrogens is 469 g/mol. The van der Waals surface area contributed by atoms with Gasteiger partial charge in [-0.05, 0) is 37.6 Å². The van der Waals surface area contributed by atoms with Crippen molar-refractivity contribution in [3.8, 4) is 5.75 Å². The highest BCUT2D eigenvalue weighted by molar-refractivity contribution is 14.0. The van der Waals surface area contributed by atoms with Crippen LogP contribution in [0.4, 0.5) is 0 Å². The number of rotatable bonds is 8. The van der Waals surface area contributed by atoms with Gasteiger partial charge in [-0.15, -0.1) is 24.0 Å². The first-order chi connectivity index (χ1) is 13.2. The van der Waals surface area contributed by atoms with Gasteiger partial charge in [0.25, 0.3) is 0 Å². The number of carbonyl (C=O) groups excluding carboxylic acids is 1. The molecule has 0 heterocycles. The Kier molecular flexibility index (Phi) is 11.0. The number of methoxy groups -OCH3 is 1. The van der Waals surface area contributed by atoms with Gasteiger partial charge in [-0.25, -0.2) is 9.79 Å². The largest absolute Gasteiger partial charge is 0.494 e. The number of ether oxygens (including phenoxy) is 2. The van der Waals surface area contributed by atoms with Gasteiger partial charge < -0.3 is 20.1 Å². The van der Waals surface area contributed by atoms with Gasteiger partial charge in [0.2, 0.25) is 0 Å². The maximum atomic E-state index is 11.5. The van der Waals surface area contributed by atoms with Crippen LogP contribution in [0.5, 0.6) is 5.75 Å². The summed E-state index contributed by atoms with van der Waals surface area (Å²) in [6.45, 7) is 6.51. The van der Waals surface area contributed by atoms with Crippen molar-refractivity contribution in [2.45, 2.75) is 26.9 Å². The molecule has 0 aromatic heterocycles. The van der Waals surface area contributed by atoms with E-state index in [1.54, 1.807) is 12.1 Å². The zero-order valence-electron chi connectivity index (χ0n) is 16.5. The molecule has 0 aliphatic rings. The van der Waals surface area contributed by atoms with E-state index in [4.69, 9.17) is 9.47 Å². The first-order valence-corrected chi connectivity index (χ1v) is 9.08. The summed E-state index contributed by atoms with van der Waals surface area (Å²) in [5.41, 5.74) is 2.62. The Morgan fingerprint density at radius 1 is 1.04 bits per heavy atom. The third-order valence-electron chi connectivity index (χ3n) is 3.86. The Bertz CT molecular complexity index is 764. The summed E-state index contributed by atoms with van der Waals surface area (Å²) in [7, 11) is 1.37. The highest BCUT2D eigenvalue weighted by Crippen LogP contribution is 2.17. The van der Waals surface area contributed by atoms with Crippen LogP contribution in [0.15, 0.2) is 53.5 Å². The van der Waals surface area contributed by atoms with Crippen molar-refractivity contribution >= 4 is 35.9 Å². The quantitative estimate of drug-likeness (QED) is 0.252. The Morgan fingerprint density at radius 3 is 2.39 bits per heavy atom. The first-order valence-electron chi connectivity index (χ1n) is 9.08. The van der Waals surface area contributed by atoms with Crippen molar-refractivity contribution in [3.63, 3.8) is 0 Å². The minimum atomic E-state index is -0.340. The average molecular weight is 497 g/mol. The van der Waals surface area contributed by atoms with Crippen molar-refractivity contribution < 1.29 is 14.3 Å². The van der Waals surface area contributed by atoms with Gasteiger partial charge in [0.15, 0.2) is 5.96 Å². The molecule has 0 saturated heterocycles. The van der Waals surface area contributed by atoms with Gasteiger partial charge >= 0.3 is 5.97 Å². The molecule has 2 aromatic carbocycles. The van der Waals surface area contributed by atoms with Gasteiger partial charge in [0, 0.05) is 18.7 Å². The molecule has 2 rings (SSSR count). The molecule has 2 aromatic rings. The van der Waals surface area contributed by atoms with Crippen molar-refractivity contribution in [2.24, 2.45) is 4.99 Å². The number of nitrogens with zero attached hydrogens (tertiary/aromatic N) is 1. The highest BCUT2D eigenvalue weighted by atomic mass is 127. The van der Waals surface area contributed by atoms with E-state index in [0.29, 0.717) is 25.3 Å². The smallest absolute Gasteiger partial charge is 0.337 e. The predicted octanol–water partition coefficient (Wildman–Crippen LogP) is 3.75. The van der Waals surface area contributed by atoms with Crippen LogP contribution in [0.2, 0.25) is 0 Å². The molecule has 0 aliphatic carbocycles. The van der Waals surface area contributed by atoms with Crippen LogP contribution >= 0.6 is 24.0 Å². The topological polar surface area (TPSA) is 72.0 Å². The lowest BCUT2D eigenvalue weighted by Crippen LogP contribution is -2.36. The standard InChI is InChI=1S/C21H27N3O3.HI/c1-4-22-21(24-15-18-8-6-7-9-19(18)27-5-2)23-14-16-10-12-17(13-11-16)20(25)26-3;/h6-13H,4-5,14-15H2,1-3H3,(H2,22,23,24);1H. The number of hydrogen-bond donors (Lipinski definition) is 2. The van der Waals surface area contributed by atoms with E-state index in [9.17, 15) is 4.79 Å². The Morgan fingerprint density at radius 2 is 1.75 bits per heavy atom. The predicted molar refractivity (Wildman–Crippen MR) is 122 cm³/mol. The van der Waals surface area contributed by atoms with Gasteiger partial charge in [-0.1, -0.05) is 30.3 Å². The molecule has 28 heavy (non-hydrogen) atoms. The number of halogens is 1. The lowest BCUT2D eigenvalue weighted by molar-refractivity contribution is 0.0600. The van der Waals surface area contributed by atoms with E-state index in [1.165, 1.54) is 7.11 Å². The molecule has 0 saturated carbocycles. The van der Waals surface area contributed by atoms with Gasteiger partial charge in [0.05, 0.1) is 25.8 Å². The highest BCUT2D eigenvalue weighted by Gasteiger charge is 2.06. The number of aliphatic imine (C=N–C) groups is 1. The Balaban J connectivity index is 0.00000392. The molecule has 0 amide bonds. The van der Waals surface area contributed by atoms with Crippen LogP contribution in [0.3, 0.4) is 0 Å². The van der Waals surface area contributed by atoms with Crippen LogP contribution in [-0.2, 0) is 17.8 Å². The van der Waals surface area contributed by atoms with E-state index < -0.39 is 0 Å². The van der Waals surface area contributed by atoms with Crippen molar-refractivity contribution in [1.82, 2.24) is 10.6 Å². The molecule has 0 radical (unpaired) electrons. The molecule has 0 unspecified atom stereocenters. The average Bonchev–Trinajstić information content (AvgIpc) is 2.71. The molecule has 0 fully saturated rings. The van der Waals surface area contributed by atoms with E-state index in [2.05, 4.69) is 15.6 Å². The maximum Gasteiger partial charge on any atom is 0.337 e. The second-order valence-electron chi connectivity index (χ2n) is 5.78. The fourth-order valence-electron chi connectivity index (χ4n) is 2.50. The molecular formula is C21H28IN3O3. The van der Waals surface area contributed by atoms with Crippen LogP contribution in [0.25, 0.3) is 0 Å². The molecule has 0 bridgehead atoms. The van der Waals surface area contributed by atoms with Crippen molar-refractivity contribution in [3.05, 3.63) is 65.2 Å². The van der Waals surface area contributed by atoms with Crippen LogP contribution in [0, 0.1) is 0 Å². The monoisotopic (exact) mass is 497 g/mol. The maximum absolute atomic E-state index is 11.5. The van der Waals surface area contributed by atoms with Crippen LogP contribution in [-0.4, -0.2) is 32.2 Å². The number of para-hydroxylation sites is 1. The lowest BCUT2D eigenvalue weighted by atomic mass is 10.1. The van der Waals surface area contributed by atoms with Crippen LogP contribution in [0.1, 0.15) is 35.3 Å². The molecule has 0 aliphatic heterocycles. The SMILES string of the molecule is CCNC(=NCc1ccc(C(=O)OC)cc1)NCc1ccccc1OCC.I. The van der Waals surface area contributed by atoms with E-state index >= 15 is 0 Å². The number of carbonyl (C=O) groups is 1. The second-order valence-corrected chi connectivity index (χ2v) is 5.78. The summed E-state index contributed by atoms with van der Waals surface area (Å²) in [5.74, 6) is 1.26. The molecule has 7 heteroatoms. The second kappa shape index (κ2) is 13.0. The minimum absolute atomic E-state index is 0. The van der Waals surface area contributed by atoms with Gasteiger partial charge in [-0.2, -0.15) is 0 Å². The zero-order valence-corrected chi connectivity index (χ0v) is 18.9. The molecule has 152 valence electrons. The minimum Gasteiger partial charge on any atom is -0.494 e. The van der Waals surface area contributed by atoms with Crippen LogP contribution < -0.4 is 15.4 Å². The third kappa shape index (κ3) is 7.38. The first kappa shape index (κ1) is 23.7. The number of nitrogens with one attached hydrogen (secondary N) is 2. The van der Waals surface area contributed by atoms with Gasteiger partial charge in [-0.3, -0.25) is 0 Å². The number of esters is 1. The van der Waals surface area contributed by atoms with E-state index in [0.717, 1.165) is 29.4 Å². The number of guanidine groups is 1. The summed E-state index contributed by atoms with van der Waals surface area (Å²) in [5, 5.41) is 6.57. The fourth-order valence-corrected chi connectivity index (χ4v) is 2.50. The molecule has 0 spiro atoms. The third-order valence-corrected chi connectivity index (χ3v) is 3.86. The lowest BCUT2D eigenvalue weighted by Gasteiger charge is -2.14. The summed E-state index contributed by atoms with van der Waals surface area (Å²) in [6, 6.07) is 15.2. The fraction of sp³-hybridized carbons (Fsp3) is 0.333. The van der Waals surface area contributed by atoms with Crippen molar-refractivity contribution in [2.75, 3.05) is 20.3 Å². The molecule has 0 atom stereocenters. The van der Waals surface area contributed by atoms with E-state index in [-0.39, 0.29) is 29.9 Å². The normalized spacial score (nSPS) is 10.6.